The first-order chi connectivity index (χ1) is 36.6. The summed E-state index contributed by atoms with van der Waals surface area (Å²) in [4.78, 5) is 84.9. The maximum Gasteiger partial charge on any atom is 0.416 e. The highest BCUT2D eigenvalue weighted by Crippen LogP contribution is 2.44. The Bertz CT molecular complexity index is 3130. The van der Waals surface area contributed by atoms with Crippen LogP contribution in [-0.2, 0) is 44.5 Å². The van der Waals surface area contributed by atoms with Crippen LogP contribution in [0.5, 0.6) is 0 Å². The minimum absolute atomic E-state index is 0.0107. The van der Waals surface area contributed by atoms with Crippen molar-refractivity contribution in [3.63, 3.8) is 0 Å². The van der Waals surface area contributed by atoms with Gasteiger partial charge in [0.15, 0.2) is 11.6 Å². The zero-order valence-corrected chi connectivity index (χ0v) is 47.3. The van der Waals surface area contributed by atoms with Crippen molar-refractivity contribution in [1.29, 1.82) is 0 Å². The van der Waals surface area contributed by atoms with Gasteiger partial charge in [-0.25, -0.2) is 9.36 Å². The summed E-state index contributed by atoms with van der Waals surface area (Å²) >= 11 is 0. The van der Waals surface area contributed by atoms with Crippen molar-refractivity contribution in [2.45, 2.75) is 112 Å². The lowest BCUT2D eigenvalue weighted by molar-refractivity contribution is -0.151. The van der Waals surface area contributed by atoms with E-state index in [9.17, 15) is 55.1 Å². The largest absolute Gasteiger partial charge is 0.466 e. The van der Waals surface area contributed by atoms with Crippen LogP contribution in [0.15, 0.2) is 104 Å². The van der Waals surface area contributed by atoms with Gasteiger partial charge in [-0.15, -0.1) is 10.2 Å². The van der Waals surface area contributed by atoms with Gasteiger partial charge in [0.2, 0.25) is 0 Å². The normalized spacial score (nSPS) is 20.1. The number of halogens is 6. The van der Waals surface area contributed by atoms with Crippen LogP contribution < -0.4 is 11.1 Å². The van der Waals surface area contributed by atoms with Crippen LogP contribution in [0.2, 0.25) is 51.4 Å². The van der Waals surface area contributed by atoms with Gasteiger partial charge >= 0.3 is 24.3 Å². The number of hydrogen-bond donors (Lipinski definition) is 0. The van der Waals surface area contributed by atoms with E-state index in [1.807, 2.05) is 0 Å². The number of rotatable bonds is 19. The summed E-state index contributed by atoms with van der Waals surface area (Å²) in [6.45, 7) is 12.8. The topological polar surface area (TPSA) is 182 Å². The van der Waals surface area contributed by atoms with Crippen molar-refractivity contribution in [2.24, 2.45) is 35.5 Å². The molecule has 0 amide bonds. The first kappa shape index (κ1) is 58.2. The Hall–Kier alpha value is -5.99. The van der Waals surface area contributed by atoms with Crippen LogP contribution in [0.3, 0.4) is 0 Å². The van der Waals surface area contributed by atoms with Crippen molar-refractivity contribution in [1.82, 2.24) is 30.0 Å². The second-order valence-electron chi connectivity index (χ2n) is 22.5. The fraction of sp³-hybridized carbons (Fsp3) is 0.444. The Labute approximate surface area is 454 Å². The van der Waals surface area contributed by atoms with Gasteiger partial charge in [-0.2, -0.15) is 26.3 Å². The molecular weight excluding hydrogens is 1090 g/mol. The third-order valence-corrected chi connectivity index (χ3v) is 20.2. The standard InChI is InChI=1S/C54H58F6N6O8S2Si2/c1-77(2,3)25-23-73-51(71)45-33(29-65-49(69)41-27-35(53(55,56)57)13-21-43(41)61-63-65)11-19-39(45)47(67)31-7-15-37(16-8-31)75-76-38-17-9-32(10-18-38)48(68)40-20-12-34(46(40)52(72)74-24-26-78(4,5)6)30-66-50(70)42-28-36(54(58,59)60)14-22-44(42)62-64-66/h7-10,13-18,21-22,27-28,33-34,39-40,45-46H,11-12,19-20,23-26,29-30H2,1-6H3. The zero-order chi connectivity index (χ0) is 56.5. The number of alkyl halides is 6. The molecule has 8 rings (SSSR count). The number of ether oxygens (including phenoxy) is 2. The van der Waals surface area contributed by atoms with E-state index in [0.29, 0.717) is 48.9 Å². The molecule has 6 atom stereocenters. The third-order valence-electron chi connectivity index (χ3n) is 14.4. The molecule has 2 aliphatic carbocycles. The summed E-state index contributed by atoms with van der Waals surface area (Å²) in [5.41, 5.74) is -2.94. The summed E-state index contributed by atoms with van der Waals surface area (Å²) in [6, 6.07) is 20.4. The summed E-state index contributed by atoms with van der Waals surface area (Å²) in [6.07, 6.45) is -8.12. The second-order valence-corrected chi connectivity index (χ2v) is 36.0. The fourth-order valence-electron chi connectivity index (χ4n) is 10.0. The Balaban J connectivity index is 0.932. The summed E-state index contributed by atoms with van der Waals surface area (Å²) in [7, 11) is -0.447. The van der Waals surface area contributed by atoms with Crippen LogP contribution in [0, 0.1) is 35.5 Å². The maximum atomic E-state index is 14.3. The van der Waals surface area contributed by atoms with E-state index >= 15 is 0 Å². The quantitative estimate of drug-likeness (QED) is 0.0245. The Kier molecular flexibility index (Phi) is 17.4. The molecule has 2 saturated carbocycles. The molecule has 2 heterocycles. The summed E-state index contributed by atoms with van der Waals surface area (Å²) in [5, 5.41) is 15.4. The van der Waals surface area contributed by atoms with Gasteiger partial charge in [0.1, 0.15) is 11.0 Å². The van der Waals surface area contributed by atoms with Crippen LogP contribution in [-0.4, -0.2) is 82.9 Å². The molecule has 6 aromatic rings. The number of fused-ring (bicyclic) bond motifs is 2. The molecule has 2 aromatic heterocycles. The highest BCUT2D eigenvalue weighted by atomic mass is 33.1. The number of carbonyl (C=O) groups excluding carboxylic acids is 4. The van der Waals surface area contributed by atoms with Gasteiger partial charge in [-0.1, -0.05) is 95.6 Å². The van der Waals surface area contributed by atoms with Crippen LogP contribution in [0.25, 0.3) is 21.8 Å². The minimum atomic E-state index is -4.69. The van der Waals surface area contributed by atoms with Crippen molar-refractivity contribution in [3.05, 3.63) is 128 Å². The average molecular weight is 1150 g/mol. The molecule has 0 spiro atoms. The number of hydrogen-bond acceptors (Lipinski definition) is 14. The number of nitrogens with zero attached hydrogens (tertiary/aromatic N) is 6. The molecule has 6 unspecified atom stereocenters. The molecule has 24 heteroatoms. The number of ketones is 2. The smallest absolute Gasteiger partial charge is 0.416 e. The van der Waals surface area contributed by atoms with Gasteiger partial charge in [0.05, 0.1) is 60.0 Å². The zero-order valence-electron chi connectivity index (χ0n) is 43.7. The molecule has 414 valence electrons. The number of Topliss-reactive ketones (excluding diaryl/α,β-unsaturated/α-hetero) is 2. The van der Waals surface area contributed by atoms with Crippen molar-refractivity contribution in [2.75, 3.05) is 13.2 Å². The molecule has 0 N–H and O–H groups in total. The molecule has 4 aromatic carbocycles. The maximum absolute atomic E-state index is 14.3. The van der Waals surface area contributed by atoms with Crippen molar-refractivity contribution >= 4 is 83.0 Å². The van der Waals surface area contributed by atoms with E-state index in [1.165, 1.54) is 21.6 Å². The van der Waals surface area contributed by atoms with Crippen LogP contribution in [0.1, 0.15) is 57.5 Å². The molecule has 0 radical (unpaired) electrons. The lowest BCUT2D eigenvalue weighted by atomic mass is 9.84. The lowest BCUT2D eigenvalue weighted by Crippen LogP contribution is -2.36. The predicted molar refractivity (Wildman–Crippen MR) is 288 cm³/mol. The third kappa shape index (κ3) is 13.9. The monoisotopic (exact) mass is 1150 g/mol. The van der Waals surface area contributed by atoms with Crippen molar-refractivity contribution < 1.29 is 55.0 Å². The Morgan fingerprint density at radius 3 is 1.24 bits per heavy atom. The lowest BCUT2D eigenvalue weighted by Gasteiger charge is -2.24. The highest BCUT2D eigenvalue weighted by Gasteiger charge is 2.48. The van der Waals surface area contributed by atoms with Crippen molar-refractivity contribution in [3.8, 4) is 0 Å². The molecular formula is C54H58F6N6O8S2Si2. The van der Waals surface area contributed by atoms with Gasteiger partial charge < -0.3 is 9.47 Å². The van der Waals surface area contributed by atoms with Gasteiger partial charge in [0, 0.05) is 48.9 Å². The fourth-order valence-corrected chi connectivity index (χ4v) is 13.4. The second kappa shape index (κ2) is 23.4. The van der Waals surface area contributed by atoms with E-state index < -0.39 is 98.2 Å². The number of carbonyl (C=O) groups is 4. The first-order valence-electron chi connectivity index (χ1n) is 25.5. The Morgan fingerprint density at radius 1 is 0.551 bits per heavy atom. The van der Waals surface area contributed by atoms with E-state index in [4.69, 9.17) is 9.47 Å². The molecule has 2 fully saturated rings. The average Bonchev–Trinajstić information content (AvgIpc) is 4.00. The first-order valence-corrected chi connectivity index (χ1v) is 35.1. The number of aromatic nitrogens is 6. The van der Waals surface area contributed by atoms with Gasteiger partial charge in [-0.3, -0.25) is 28.8 Å². The minimum Gasteiger partial charge on any atom is -0.466 e. The van der Waals surface area contributed by atoms with Crippen LogP contribution >= 0.6 is 21.6 Å². The molecule has 0 saturated heterocycles. The Morgan fingerprint density at radius 2 is 0.910 bits per heavy atom. The van der Waals surface area contributed by atoms with E-state index in [-0.39, 0.29) is 59.7 Å². The predicted octanol–water partition coefficient (Wildman–Crippen LogP) is 11.5. The van der Waals surface area contributed by atoms with E-state index in [1.54, 1.807) is 48.5 Å². The molecule has 78 heavy (non-hydrogen) atoms. The number of esters is 2. The number of benzene rings is 4. The van der Waals surface area contributed by atoms with Gasteiger partial charge in [-0.05, 0) is 110 Å². The van der Waals surface area contributed by atoms with E-state index in [0.717, 1.165) is 55.6 Å². The molecule has 0 bridgehead atoms. The SMILES string of the molecule is C[Si](C)(C)CCOC(=O)C1C(Cn2nnc3ccc(C(F)(F)F)cc3c2=O)CCC1C(=O)c1ccc(SSc2ccc(C(=O)C3CCC(Cn4nnc5ccc(C(F)(F)F)cc5c4=O)C3C(=O)OCC[Si](C)(C)C)cc2)cc1. The molecule has 14 nitrogen and oxygen atoms in total. The summed E-state index contributed by atoms with van der Waals surface area (Å²) < 4.78 is 94.8. The molecule has 2 aliphatic rings. The molecule has 0 aliphatic heterocycles. The van der Waals surface area contributed by atoms with Gasteiger partial charge in [0.25, 0.3) is 11.1 Å². The highest BCUT2D eigenvalue weighted by molar-refractivity contribution is 8.76. The van der Waals surface area contributed by atoms with Crippen LogP contribution in [0.4, 0.5) is 26.3 Å². The summed E-state index contributed by atoms with van der Waals surface area (Å²) in [5.74, 6) is -6.52. The van der Waals surface area contributed by atoms with E-state index in [2.05, 4.69) is 59.9 Å².